The molecular weight excluding hydrogens is 324 g/mol. The Morgan fingerprint density at radius 2 is 1.79 bits per heavy atom. The van der Waals surface area contributed by atoms with Crippen LogP contribution < -0.4 is 5.32 Å². The van der Waals surface area contributed by atoms with Crippen LogP contribution in [0.5, 0.6) is 0 Å². The summed E-state index contributed by atoms with van der Waals surface area (Å²) in [5.41, 5.74) is 1.74. The predicted molar refractivity (Wildman–Crippen MR) is 95.8 cm³/mol. The van der Waals surface area contributed by atoms with Gasteiger partial charge in [0.25, 0.3) is 0 Å². The Morgan fingerprint density at radius 1 is 1.12 bits per heavy atom. The van der Waals surface area contributed by atoms with Gasteiger partial charge < -0.3 is 10.4 Å². The molecule has 5 nitrogen and oxygen atoms in total. The van der Waals surface area contributed by atoms with E-state index in [-0.39, 0.29) is 5.03 Å². The molecule has 0 amide bonds. The highest BCUT2D eigenvalue weighted by molar-refractivity contribution is 7.92. The Labute approximate surface area is 143 Å². The molecule has 0 saturated carbocycles. The van der Waals surface area contributed by atoms with Gasteiger partial charge in [0.1, 0.15) is 0 Å². The minimum absolute atomic E-state index is 0.0605. The molecule has 0 fully saturated rings. The predicted octanol–water partition coefficient (Wildman–Crippen LogP) is 2.67. The van der Waals surface area contributed by atoms with Crippen LogP contribution in [-0.2, 0) is 16.3 Å². The van der Waals surface area contributed by atoms with Crippen molar-refractivity contribution < 1.29 is 13.5 Å². The first-order valence-corrected chi connectivity index (χ1v) is 9.35. The van der Waals surface area contributed by atoms with Crippen LogP contribution in [0, 0.1) is 0 Å². The average molecular weight is 348 g/mol. The van der Waals surface area contributed by atoms with Gasteiger partial charge in [0.2, 0.25) is 0 Å². The average Bonchev–Trinajstić information content (AvgIpc) is 2.53. The zero-order chi connectivity index (χ0) is 17.8. The van der Waals surface area contributed by atoms with Crippen LogP contribution >= 0.6 is 0 Å². The molecule has 0 aliphatic rings. The standard InChI is InChI=1S/C18H24N2O3S/c1-18(2,3)24(22,23)17-10-9-15(12-20-17)19-13-16(21)11-14-7-5-4-6-8-14/h4-10,12,16,19,21H,11,13H2,1-3H3. The number of aliphatic hydroxyl groups excluding tert-OH is 1. The Hall–Kier alpha value is -1.92. The smallest absolute Gasteiger partial charge is 0.200 e. The highest BCUT2D eigenvalue weighted by Gasteiger charge is 2.31. The number of rotatable bonds is 6. The second kappa shape index (κ2) is 7.32. The van der Waals surface area contributed by atoms with Crippen molar-refractivity contribution in [3.05, 3.63) is 54.2 Å². The lowest BCUT2D eigenvalue weighted by Crippen LogP contribution is -2.28. The maximum Gasteiger partial charge on any atom is 0.200 e. The molecule has 1 unspecified atom stereocenters. The van der Waals surface area contributed by atoms with Crippen LogP contribution in [0.25, 0.3) is 0 Å². The van der Waals surface area contributed by atoms with Crippen molar-refractivity contribution in [3.8, 4) is 0 Å². The largest absolute Gasteiger partial charge is 0.391 e. The molecule has 1 aromatic carbocycles. The molecule has 0 aliphatic heterocycles. The number of aromatic nitrogens is 1. The van der Waals surface area contributed by atoms with Crippen molar-refractivity contribution >= 4 is 15.5 Å². The molecule has 24 heavy (non-hydrogen) atoms. The van der Waals surface area contributed by atoms with E-state index in [0.29, 0.717) is 18.7 Å². The molecule has 0 radical (unpaired) electrons. The lowest BCUT2D eigenvalue weighted by molar-refractivity contribution is 0.188. The van der Waals surface area contributed by atoms with E-state index >= 15 is 0 Å². The Morgan fingerprint density at radius 3 is 2.33 bits per heavy atom. The van der Waals surface area contributed by atoms with Crippen LogP contribution in [0.3, 0.4) is 0 Å². The molecule has 0 saturated heterocycles. The zero-order valence-electron chi connectivity index (χ0n) is 14.2. The van der Waals surface area contributed by atoms with Crippen LogP contribution in [0.15, 0.2) is 53.7 Å². The number of nitrogens with zero attached hydrogens (tertiary/aromatic N) is 1. The maximum atomic E-state index is 12.3. The molecule has 1 aromatic heterocycles. The molecule has 0 spiro atoms. The summed E-state index contributed by atoms with van der Waals surface area (Å²) in [4.78, 5) is 4.05. The summed E-state index contributed by atoms with van der Waals surface area (Å²) in [5, 5.41) is 13.2. The van der Waals surface area contributed by atoms with Gasteiger partial charge in [-0.25, -0.2) is 13.4 Å². The molecule has 2 N–H and O–H groups in total. The molecule has 130 valence electrons. The molecule has 0 bridgehead atoms. The third-order valence-corrected chi connectivity index (χ3v) is 6.08. The van der Waals surface area contributed by atoms with E-state index < -0.39 is 20.7 Å². The normalized spacial score (nSPS) is 13.5. The van der Waals surface area contributed by atoms with Gasteiger partial charge in [-0.3, -0.25) is 0 Å². The van der Waals surface area contributed by atoms with Gasteiger partial charge in [0.05, 0.1) is 22.7 Å². The lowest BCUT2D eigenvalue weighted by atomic mass is 10.1. The Kier molecular flexibility index (Phi) is 5.62. The van der Waals surface area contributed by atoms with Gasteiger partial charge in [-0.1, -0.05) is 30.3 Å². The van der Waals surface area contributed by atoms with Crippen molar-refractivity contribution in [3.63, 3.8) is 0 Å². The monoisotopic (exact) mass is 348 g/mol. The molecule has 6 heteroatoms. The fourth-order valence-corrected chi connectivity index (χ4v) is 3.22. The molecule has 1 heterocycles. The summed E-state index contributed by atoms with van der Waals surface area (Å²) >= 11 is 0. The van der Waals surface area contributed by atoms with Crippen molar-refractivity contribution in [2.24, 2.45) is 0 Å². The van der Waals surface area contributed by atoms with E-state index in [1.54, 1.807) is 26.8 Å². The summed E-state index contributed by atoms with van der Waals surface area (Å²) in [5.74, 6) is 0. The van der Waals surface area contributed by atoms with Gasteiger partial charge in [-0.2, -0.15) is 0 Å². The molecule has 0 aliphatic carbocycles. The number of hydrogen-bond acceptors (Lipinski definition) is 5. The van der Waals surface area contributed by atoms with E-state index in [2.05, 4.69) is 10.3 Å². The van der Waals surface area contributed by atoms with E-state index in [4.69, 9.17) is 0 Å². The second-order valence-corrected chi connectivity index (χ2v) is 9.38. The minimum atomic E-state index is -3.45. The highest BCUT2D eigenvalue weighted by Crippen LogP contribution is 2.23. The number of sulfone groups is 1. The Bertz CT molecular complexity index is 751. The number of aliphatic hydroxyl groups is 1. The second-order valence-electron chi connectivity index (χ2n) is 6.73. The van der Waals surface area contributed by atoms with Gasteiger partial charge in [0.15, 0.2) is 14.9 Å². The fraction of sp³-hybridized carbons (Fsp3) is 0.389. The Balaban J connectivity index is 1.95. The summed E-state index contributed by atoms with van der Waals surface area (Å²) in [6, 6.07) is 12.9. The molecule has 2 rings (SSSR count). The van der Waals surface area contributed by atoms with Gasteiger partial charge in [0, 0.05) is 13.0 Å². The molecular formula is C18H24N2O3S. The van der Waals surface area contributed by atoms with Crippen molar-refractivity contribution in [2.75, 3.05) is 11.9 Å². The van der Waals surface area contributed by atoms with Crippen molar-refractivity contribution in [1.82, 2.24) is 4.98 Å². The number of anilines is 1. The quantitative estimate of drug-likeness (QED) is 0.839. The lowest BCUT2D eigenvalue weighted by Gasteiger charge is -2.18. The third-order valence-electron chi connectivity index (χ3n) is 3.67. The van der Waals surface area contributed by atoms with E-state index in [0.717, 1.165) is 5.56 Å². The number of benzene rings is 1. The number of nitrogens with one attached hydrogen (secondary N) is 1. The van der Waals surface area contributed by atoms with Gasteiger partial charge >= 0.3 is 0 Å². The first kappa shape index (κ1) is 18.4. The number of hydrogen-bond donors (Lipinski definition) is 2. The van der Waals surface area contributed by atoms with E-state index in [9.17, 15) is 13.5 Å². The maximum absolute atomic E-state index is 12.3. The highest BCUT2D eigenvalue weighted by atomic mass is 32.2. The third kappa shape index (κ3) is 4.55. The summed E-state index contributed by atoms with van der Waals surface area (Å²) in [6.45, 7) is 5.31. The minimum Gasteiger partial charge on any atom is -0.391 e. The van der Waals surface area contributed by atoms with Crippen LogP contribution in [0.4, 0.5) is 5.69 Å². The molecule has 2 aromatic rings. The fourth-order valence-electron chi connectivity index (χ4n) is 2.15. The topological polar surface area (TPSA) is 79.3 Å². The van der Waals surface area contributed by atoms with Gasteiger partial charge in [-0.15, -0.1) is 0 Å². The van der Waals surface area contributed by atoms with Crippen molar-refractivity contribution in [2.45, 2.75) is 43.1 Å². The van der Waals surface area contributed by atoms with Crippen LogP contribution in [0.1, 0.15) is 26.3 Å². The SMILES string of the molecule is CC(C)(C)S(=O)(=O)c1ccc(NCC(O)Cc2ccccc2)cn1. The number of pyridine rings is 1. The first-order valence-electron chi connectivity index (χ1n) is 7.87. The van der Waals surface area contributed by atoms with Crippen LogP contribution in [0.2, 0.25) is 0 Å². The summed E-state index contributed by atoms with van der Waals surface area (Å²) in [6.07, 6.45) is 1.50. The first-order chi connectivity index (χ1) is 11.2. The van der Waals surface area contributed by atoms with Crippen LogP contribution in [-0.4, -0.2) is 35.9 Å². The van der Waals surface area contributed by atoms with E-state index in [1.165, 1.54) is 12.3 Å². The van der Waals surface area contributed by atoms with Crippen molar-refractivity contribution in [1.29, 1.82) is 0 Å². The van der Waals surface area contributed by atoms with Gasteiger partial charge in [-0.05, 0) is 38.5 Å². The molecule has 1 atom stereocenters. The van der Waals surface area contributed by atoms with E-state index in [1.807, 2.05) is 30.3 Å². The zero-order valence-corrected chi connectivity index (χ0v) is 15.0. The summed E-state index contributed by atoms with van der Waals surface area (Å²) in [7, 11) is -3.45. The summed E-state index contributed by atoms with van der Waals surface area (Å²) < 4.78 is 23.7.